The smallest absolute Gasteiger partial charge is 0.224 e. The fraction of sp³-hybridized carbons (Fsp3) is 0.714. The molecular weight excluding hydrogens is 224 g/mol. The number of anilines is 2. The van der Waals surface area contributed by atoms with E-state index in [0.717, 1.165) is 50.2 Å². The van der Waals surface area contributed by atoms with Crippen molar-refractivity contribution in [2.75, 3.05) is 29.9 Å². The molecule has 1 aromatic heterocycles. The molecule has 0 aliphatic heterocycles. The van der Waals surface area contributed by atoms with Crippen LogP contribution in [-0.4, -0.2) is 29.6 Å². The van der Waals surface area contributed by atoms with Gasteiger partial charge >= 0.3 is 0 Å². The van der Waals surface area contributed by atoms with Crippen LogP contribution >= 0.6 is 0 Å². The molecule has 0 atom stereocenters. The zero-order chi connectivity index (χ0) is 12.8. The van der Waals surface area contributed by atoms with Crippen LogP contribution in [0.4, 0.5) is 11.8 Å². The SMILES string of the molecule is CCCNc1nccc(N(CCC)CC2CC2)n1. The Bertz CT molecular complexity index is 363. The van der Waals surface area contributed by atoms with E-state index in [9.17, 15) is 0 Å². The Kier molecular flexibility index (Phi) is 4.79. The minimum Gasteiger partial charge on any atom is -0.356 e. The number of rotatable bonds is 8. The van der Waals surface area contributed by atoms with E-state index >= 15 is 0 Å². The molecule has 0 amide bonds. The Balaban J connectivity index is 2.02. The molecule has 18 heavy (non-hydrogen) atoms. The van der Waals surface area contributed by atoms with Gasteiger partial charge in [-0.2, -0.15) is 4.98 Å². The van der Waals surface area contributed by atoms with Gasteiger partial charge in [0.1, 0.15) is 5.82 Å². The summed E-state index contributed by atoms with van der Waals surface area (Å²) in [5.74, 6) is 2.71. The Morgan fingerprint density at radius 3 is 2.83 bits per heavy atom. The van der Waals surface area contributed by atoms with E-state index in [1.54, 1.807) is 0 Å². The molecule has 0 radical (unpaired) electrons. The van der Waals surface area contributed by atoms with Crippen LogP contribution in [0.5, 0.6) is 0 Å². The Morgan fingerprint density at radius 1 is 1.33 bits per heavy atom. The number of nitrogens with zero attached hydrogens (tertiary/aromatic N) is 3. The highest BCUT2D eigenvalue weighted by atomic mass is 15.2. The molecule has 1 saturated carbocycles. The number of hydrogen-bond donors (Lipinski definition) is 1. The Labute approximate surface area is 110 Å². The van der Waals surface area contributed by atoms with Crippen molar-refractivity contribution in [3.63, 3.8) is 0 Å². The number of aromatic nitrogens is 2. The summed E-state index contributed by atoms with van der Waals surface area (Å²) in [6, 6.07) is 2.02. The van der Waals surface area contributed by atoms with Crippen molar-refractivity contribution >= 4 is 11.8 Å². The summed E-state index contributed by atoms with van der Waals surface area (Å²) < 4.78 is 0. The van der Waals surface area contributed by atoms with Crippen LogP contribution < -0.4 is 10.2 Å². The molecule has 4 nitrogen and oxygen atoms in total. The molecule has 0 spiro atoms. The van der Waals surface area contributed by atoms with Gasteiger partial charge in [0, 0.05) is 25.8 Å². The first-order chi connectivity index (χ1) is 8.83. The lowest BCUT2D eigenvalue weighted by Crippen LogP contribution is -2.27. The van der Waals surface area contributed by atoms with Crippen LogP contribution in [0.3, 0.4) is 0 Å². The maximum Gasteiger partial charge on any atom is 0.224 e. The fourth-order valence-electron chi connectivity index (χ4n) is 2.03. The van der Waals surface area contributed by atoms with Crippen molar-refractivity contribution in [3.05, 3.63) is 12.3 Å². The summed E-state index contributed by atoms with van der Waals surface area (Å²) in [5, 5.41) is 3.25. The molecule has 1 aliphatic carbocycles. The third-order valence-electron chi connectivity index (χ3n) is 3.17. The maximum absolute atomic E-state index is 4.61. The summed E-state index contributed by atoms with van der Waals surface area (Å²) >= 11 is 0. The molecule has 1 fully saturated rings. The molecule has 0 saturated heterocycles. The fourth-order valence-corrected chi connectivity index (χ4v) is 2.03. The normalized spacial score (nSPS) is 14.6. The van der Waals surface area contributed by atoms with E-state index in [2.05, 4.69) is 34.0 Å². The van der Waals surface area contributed by atoms with Crippen LogP contribution in [0.2, 0.25) is 0 Å². The first-order valence-electron chi connectivity index (χ1n) is 7.15. The van der Waals surface area contributed by atoms with E-state index in [0.29, 0.717) is 0 Å². The minimum absolute atomic E-state index is 0.756. The van der Waals surface area contributed by atoms with Crippen LogP contribution in [0.15, 0.2) is 12.3 Å². The van der Waals surface area contributed by atoms with Gasteiger partial charge in [0.25, 0.3) is 0 Å². The average molecular weight is 248 g/mol. The third-order valence-corrected chi connectivity index (χ3v) is 3.17. The van der Waals surface area contributed by atoms with Gasteiger partial charge in [-0.3, -0.25) is 0 Å². The van der Waals surface area contributed by atoms with Crippen molar-refractivity contribution < 1.29 is 0 Å². The molecule has 1 N–H and O–H groups in total. The summed E-state index contributed by atoms with van der Waals surface area (Å²) in [7, 11) is 0. The van der Waals surface area contributed by atoms with Gasteiger partial charge in [-0.1, -0.05) is 13.8 Å². The molecule has 4 heteroatoms. The summed E-state index contributed by atoms with van der Waals surface area (Å²) in [5.41, 5.74) is 0. The second-order valence-electron chi connectivity index (χ2n) is 5.05. The van der Waals surface area contributed by atoms with Crippen molar-refractivity contribution in [2.24, 2.45) is 5.92 Å². The van der Waals surface area contributed by atoms with E-state index < -0.39 is 0 Å². The van der Waals surface area contributed by atoms with Gasteiger partial charge in [-0.15, -0.1) is 0 Å². The van der Waals surface area contributed by atoms with Crippen molar-refractivity contribution in [1.82, 2.24) is 9.97 Å². The molecule has 2 rings (SSSR count). The van der Waals surface area contributed by atoms with Gasteiger partial charge in [0.15, 0.2) is 0 Å². The topological polar surface area (TPSA) is 41.1 Å². The van der Waals surface area contributed by atoms with Gasteiger partial charge in [-0.05, 0) is 37.7 Å². The van der Waals surface area contributed by atoms with Gasteiger partial charge in [-0.25, -0.2) is 4.98 Å². The number of hydrogen-bond acceptors (Lipinski definition) is 4. The van der Waals surface area contributed by atoms with Crippen molar-refractivity contribution in [1.29, 1.82) is 0 Å². The van der Waals surface area contributed by atoms with E-state index in [4.69, 9.17) is 0 Å². The average Bonchev–Trinajstić information content (AvgIpc) is 3.20. The minimum atomic E-state index is 0.756. The molecule has 100 valence electrons. The lowest BCUT2D eigenvalue weighted by molar-refractivity contribution is 0.698. The van der Waals surface area contributed by atoms with Crippen LogP contribution in [0, 0.1) is 5.92 Å². The lowest BCUT2D eigenvalue weighted by atomic mass is 10.3. The van der Waals surface area contributed by atoms with Gasteiger partial charge in [0.2, 0.25) is 5.95 Å². The second-order valence-corrected chi connectivity index (χ2v) is 5.05. The second kappa shape index (κ2) is 6.57. The Hall–Kier alpha value is -1.32. The standard InChI is InChI=1S/C14H24N4/c1-3-8-15-14-16-9-7-13(17-14)18(10-4-2)11-12-5-6-12/h7,9,12H,3-6,8,10-11H2,1-2H3,(H,15,16,17). The first-order valence-corrected chi connectivity index (χ1v) is 7.15. The first kappa shape index (κ1) is 13.1. The lowest BCUT2D eigenvalue weighted by Gasteiger charge is -2.23. The van der Waals surface area contributed by atoms with E-state index in [1.165, 1.54) is 12.8 Å². The maximum atomic E-state index is 4.61. The van der Waals surface area contributed by atoms with Crippen LogP contribution in [0.1, 0.15) is 39.5 Å². The zero-order valence-corrected chi connectivity index (χ0v) is 11.5. The highest BCUT2D eigenvalue weighted by Gasteiger charge is 2.24. The third kappa shape index (κ3) is 3.86. The summed E-state index contributed by atoms with van der Waals surface area (Å²) in [6.07, 6.45) is 6.87. The van der Waals surface area contributed by atoms with Crippen LogP contribution in [-0.2, 0) is 0 Å². The molecule has 1 aromatic rings. The molecule has 0 unspecified atom stereocenters. The zero-order valence-electron chi connectivity index (χ0n) is 11.5. The molecule has 1 heterocycles. The van der Waals surface area contributed by atoms with Crippen LogP contribution in [0.25, 0.3) is 0 Å². The van der Waals surface area contributed by atoms with Crippen molar-refractivity contribution in [3.8, 4) is 0 Å². The molecular formula is C14H24N4. The highest BCUT2D eigenvalue weighted by molar-refractivity contribution is 5.42. The van der Waals surface area contributed by atoms with E-state index in [1.807, 2.05) is 12.3 Å². The van der Waals surface area contributed by atoms with Crippen molar-refractivity contribution in [2.45, 2.75) is 39.5 Å². The highest BCUT2D eigenvalue weighted by Crippen LogP contribution is 2.31. The quantitative estimate of drug-likeness (QED) is 0.768. The Morgan fingerprint density at radius 2 is 2.17 bits per heavy atom. The summed E-state index contributed by atoms with van der Waals surface area (Å²) in [4.78, 5) is 11.3. The molecule has 0 aromatic carbocycles. The largest absolute Gasteiger partial charge is 0.356 e. The van der Waals surface area contributed by atoms with Gasteiger partial charge < -0.3 is 10.2 Å². The van der Waals surface area contributed by atoms with E-state index in [-0.39, 0.29) is 0 Å². The predicted molar refractivity (Wildman–Crippen MR) is 76.0 cm³/mol. The summed E-state index contributed by atoms with van der Waals surface area (Å²) in [6.45, 7) is 7.53. The van der Waals surface area contributed by atoms with Gasteiger partial charge in [0.05, 0.1) is 0 Å². The monoisotopic (exact) mass is 248 g/mol. The predicted octanol–water partition coefficient (Wildman–Crippen LogP) is 2.92. The molecule has 0 bridgehead atoms. The number of nitrogens with one attached hydrogen (secondary N) is 1. The molecule has 1 aliphatic rings.